The number of nitrogens with one attached hydrogen (secondary N) is 1. The van der Waals surface area contributed by atoms with E-state index in [1.54, 1.807) is 0 Å². The molecule has 3 aromatic rings. The highest BCUT2D eigenvalue weighted by atomic mass is 16.5. The van der Waals surface area contributed by atoms with E-state index in [1.165, 1.54) is 0 Å². The molecule has 2 aromatic carbocycles. The molecule has 0 saturated carbocycles. The summed E-state index contributed by atoms with van der Waals surface area (Å²) in [6.07, 6.45) is 1.93. The van der Waals surface area contributed by atoms with Crippen LogP contribution in [-0.2, 0) is 19.1 Å². The number of benzene rings is 2. The number of aryl methyl sites for hydroxylation is 2. The monoisotopic (exact) mass is 555 g/mol. The fraction of sp³-hybridized carbons (Fsp3) is 0.382. The van der Waals surface area contributed by atoms with Gasteiger partial charge in [0.05, 0.1) is 41.7 Å². The Bertz CT molecular complexity index is 1450. The van der Waals surface area contributed by atoms with Crippen LogP contribution in [0, 0.1) is 25.7 Å². The number of aromatic nitrogens is 2. The van der Waals surface area contributed by atoms with Crippen LogP contribution < -0.4 is 5.32 Å². The van der Waals surface area contributed by atoms with E-state index in [0.29, 0.717) is 28.2 Å². The Morgan fingerprint density at radius 1 is 0.854 bits per heavy atom. The maximum Gasteiger partial charge on any atom is 0.336 e. The molecule has 0 spiro atoms. The molecule has 1 aliphatic rings. The second-order valence-electron chi connectivity index (χ2n) is 11.7. The second kappa shape index (κ2) is 12.6. The Balaban J connectivity index is 1.99. The first kappa shape index (κ1) is 29.8. The summed E-state index contributed by atoms with van der Waals surface area (Å²) >= 11 is 0. The smallest absolute Gasteiger partial charge is 0.336 e. The maximum atomic E-state index is 13.8. The third-order valence-electron chi connectivity index (χ3n) is 7.02. The Morgan fingerprint density at radius 3 is 1.95 bits per heavy atom. The number of para-hydroxylation sites is 1. The van der Waals surface area contributed by atoms with Gasteiger partial charge in [0.2, 0.25) is 0 Å². The summed E-state index contributed by atoms with van der Waals surface area (Å²) in [5.74, 6) is -1.35. The molecular formula is C34H41N3O4. The first-order chi connectivity index (χ1) is 19.5. The van der Waals surface area contributed by atoms with Gasteiger partial charge in [-0.15, -0.1) is 0 Å². The van der Waals surface area contributed by atoms with E-state index in [2.05, 4.69) is 23.5 Å². The lowest BCUT2D eigenvalue weighted by Gasteiger charge is -2.30. The van der Waals surface area contributed by atoms with Crippen molar-refractivity contribution < 1.29 is 19.1 Å². The second-order valence-corrected chi connectivity index (χ2v) is 11.7. The van der Waals surface area contributed by atoms with E-state index in [0.717, 1.165) is 27.9 Å². The number of hydrogen-bond donors (Lipinski definition) is 1. The number of esters is 2. The number of dihydropyridines is 1. The van der Waals surface area contributed by atoms with Gasteiger partial charge >= 0.3 is 11.9 Å². The van der Waals surface area contributed by atoms with Gasteiger partial charge in [0.15, 0.2) is 0 Å². The molecule has 41 heavy (non-hydrogen) atoms. The van der Waals surface area contributed by atoms with Crippen molar-refractivity contribution in [3.8, 4) is 16.9 Å². The topological polar surface area (TPSA) is 82.5 Å². The quantitative estimate of drug-likeness (QED) is 0.293. The predicted octanol–water partition coefficient (Wildman–Crippen LogP) is 6.79. The van der Waals surface area contributed by atoms with Gasteiger partial charge in [0.1, 0.15) is 0 Å². The van der Waals surface area contributed by atoms with Crippen LogP contribution in [0.4, 0.5) is 0 Å². The van der Waals surface area contributed by atoms with Crippen LogP contribution >= 0.6 is 0 Å². The lowest BCUT2D eigenvalue weighted by atomic mass is 9.79. The zero-order valence-corrected chi connectivity index (χ0v) is 25.4. The van der Waals surface area contributed by atoms with Gasteiger partial charge in [-0.1, -0.05) is 63.6 Å². The predicted molar refractivity (Wildman–Crippen MR) is 161 cm³/mol. The van der Waals surface area contributed by atoms with Gasteiger partial charge in [-0.2, -0.15) is 5.10 Å². The van der Waals surface area contributed by atoms with Crippen molar-refractivity contribution in [2.45, 2.75) is 61.3 Å². The van der Waals surface area contributed by atoms with Crippen LogP contribution in [-0.4, -0.2) is 34.9 Å². The summed E-state index contributed by atoms with van der Waals surface area (Å²) < 4.78 is 13.3. The van der Waals surface area contributed by atoms with E-state index >= 15 is 0 Å². The molecule has 1 aliphatic heterocycles. The fourth-order valence-corrected chi connectivity index (χ4v) is 5.00. The molecule has 7 heteroatoms. The molecule has 0 atom stereocenters. The Morgan fingerprint density at radius 2 is 1.41 bits per heavy atom. The molecule has 0 radical (unpaired) electrons. The number of allylic oxidation sites excluding steroid dienone is 2. The van der Waals surface area contributed by atoms with Crippen molar-refractivity contribution in [1.29, 1.82) is 0 Å². The SMILES string of the molecule is CC1=C(C(=O)OCC(C)C)C(c2cn(-c3ccccc3)nc2-c2cc(C)ccc2C)C(C(=O)OCC(C)C)=C(C)N1. The van der Waals surface area contributed by atoms with Crippen LogP contribution in [0.15, 0.2) is 77.3 Å². The van der Waals surface area contributed by atoms with E-state index in [-0.39, 0.29) is 25.0 Å². The van der Waals surface area contributed by atoms with Gasteiger partial charge in [-0.05, 0) is 63.3 Å². The van der Waals surface area contributed by atoms with E-state index in [4.69, 9.17) is 14.6 Å². The molecule has 0 amide bonds. The Kier molecular flexibility index (Phi) is 9.16. The molecule has 0 aliphatic carbocycles. The number of nitrogens with zero attached hydrogens (tertiary/aromatic N) is 2. The zero-order chi connectivity index (χ0) is 29.8. The van der Waals surface area contributed by atoms with Crippen LogP contribution in [0.25, 0.3) is 16.9 Å². The molecule has 0 unspecified atom stereocenters. The lowest BCUT2D eigenvalue weighted by Crippen LogP contribution is -2.33. The zero-order valence-electron chi connectivity index (χ0n) is 25.4. The molecular weight excluding hydrogens is 514 g/mol. The molecule has 0 saturated heterocycles. The van der Waals surface area contributed by atoms with Gasteiger partial charge in [0.25, 0.3) is 0 Å². The van der Waals surface area contributed by atoms with Crippen LogP contribution in [0.3, 0.4) is 0 Å². The standard InChI is InChI=1S/C34H41N3O4/c1-20(2)18-40-33(38)29-24(7)35-25(8)30(34(39)41-19-21(3)4)31(29)28-17-37(26-12-10-9-11-13-26)36-32(28)27-16-22(5)14-15-23(27)6/h9-17,20-21,31,35H,18-19H2,1-8H3. The fourth-order valence-electron chi connectivity index (χ4n) is 5.00. The molecule has 1 aromatic heterocycles. The van der Waals surface area contributed by atoms with E-state index in [1.807, 2.05) is 96.6 Å². The number of ether oxygens (including phenoxy) is 2. The van der Waals surface area contributed by atoms with Gasteiger partial charge in [-0.3, -0.25) is 0 Å². The molecule has 1 N–H and O–H groups in total. The summed E-state index contributed by atoms with van der Waals surface area (Å²) in [6, 6.07) is 16.0. The average molecular weight is 556 g/mol. The molecule has 0 fully saturated rings. The highest BCUT2D eigenvalue weighted by molar-refractivity contribution is 6.00. The summed E-state index contributed by atoms with van der Waals surface area (Å²) in [4.78, 5) is 27.5. The first-order valence-corrected chi connectivity index (χ1v) is 14.2. The van der Waals surface area contributed by atoms with Crippen LogP contribution in [0.1, 0.15) is 64.2 Å². The minimum atomic E-state index is -0.747. The van der Waals surface area contributed by atoms with Crippen molar-refractivity contribution in [2.75, 3.05) is 13.2 Å². The summed E-state index contributed by atoms with van der Waals surface area (Å²) in [7, 11) is 0. The molecule has 2 heterocycles. The largest absolute Gasteiger partial charge is 0.462 e. The van der Waals surface area contributed by atoms with Crippen molar-refractivity contribution in [3.05, 3.63) is 94.0 Å². The van der Waals surface area contributed by atoms with Gasteiger partial charge in [0, 0.05) is 28.7 Å². The summed E-state index contributed by atoms with van der Waals surface area (Å²) in [5, 5.41) is 8.33. The molecule has 216 valence electrons. The normalized spacial score (nSPS) is 14.1. The minimum Gasteiger partial charge on any atom is -0.462 e. The lowest BCUT2D eigenvalue weighted by molar-refractivity contribution is -0.141. The van der Waals surface area contributed by atoms with Crippen molar-refractivity contribution >= 4 is 11.9 Å². The Labute approximate surface area is 243 Å². The number of carbonyl (C=O) groups excluding carboxylic acids is 2. The van der Waals surface area contributed by atoms with Crippen molar-refractivity contribution in [2.24, 2.45) is 11.8 Å². The summed E-state index contributed by atoms with van der Waals surface area (Å²) in [6.45, 7) is 16.3. The minimum absolute atomic E-state index is 0.161. The van der Waals surface area contributed by atoms with Crippen molar-refractivity contribution in [1.82, 2.24) is 15.1 Å². The third kappa shape index (κ3) is 6.62. The van der Waals surface area contributed by atoms with Crippen LogP contribution in [0.2, 0.25) is 0 Å². The van der Waals surface area contributed by atoms with Gasteiger partial charge < -0.3 is 14.8 Å². The average Bonchev–Trinajstić information content (AvgIpc) is 3.36. The molecule has 0 bridgehead atoms. The third-order valence-corrected chi connectivity index (χ3v) is 7.02. The molecule has 4 rings (SSSR count). The number of hydrogen-bond acceptors (Lipinski definition) is 6. The Hall–Kier alpha value is -4.13. The highest BCUT2D eigenvalue weighted by Gasteiger charge is 2.40. The van der Waals surface area contributed by atoms with Gasteiger partial charge in [-0.25, -0.2) is 14.3 Å². The summed E-state index contributed by atoms with van der Waals surface area (Å²) in [5.41, 5.74) is 7.41. The number of rotatable bonds is 9. The maximum absolute atomic E-state index is 13.8. The number of carbonyl (C=O) groups is 2. The van der Waals surface area contributed by atoms with E-state index in [9.17, 15) is 9.59 Å². The highest BCUT2D eigenvalue weighted by Crippen LogP contribution is 2.44. The van der Waals surface area contributed by atoms with Crippen molar-refractivity contribution in [3.63, 3.8) is 0 Å². The van der Waals surface area contributed by atoms with Crippen LogP contribution in [0.5, 0.6) is 0 Å². The molecule has 7 nitrogen and oxygen atoms in total. The first-order valence-electron chi connectivity index (χ1n) is 14.2. The van der Waals surface area contributed by atoms with E-state index < -0.39 is 17.9 Å².